The molecule has 106 valence electrons. The largest absolute Gasteiger partial charge is 0.492 e. The van der Waals surface area contributed by atoms with Gasteiger partial charge < -0.3 is 10.5 Å². The standard InChI is InChI=1S/C14H14BrNO3S/c15-11-3-1-5-13(9-11)19-7-8-20(17,18)14-6-2-4-12(16)10-14/h1-6,9-10H,7-8,16H2. The molecule has 20 heavy (non-hydrogen) atoms. The van der Waals surface area contributed by atoms with E-state index in [0.717, 1.165) is 4.47 Å². The second-order valence-corrected chi connectivity index (χ2v) is 7.22. The lowest BCUT2D eigenvalue weighted by Gasteiger charge is -2.08. The summed E-state index contributed by atoms with van der Waals surface area (Å²) < 4.78 is 30.5. The molecule has 2 aromatic carbocycles. The van der Waals surface area contributed by atoms with E-state index in [1.54, 1.807) is 24.3 Å². The summed E-state index contributed by atoms with van der Waals surface area (Å²) in [6.45, 7) is 0.0909. The fraction of sp³-hybridized carbons (Fsp3) is 0.143. The summed E-state index contributed by atoms with van der Waals surface area (Å²) in [5, 5.41) is 0. The van der Waals surface area contributed by atoms with Crippen molar-refractivity contribution in [3.05, 3.63) is 53.0 Å². The van der Waals surface area contributed by atoms with Crippen molar-refractivity contribution < 1.29 is 13.2 Å². The molecule has 4 nitrogen and oxygen atoms in total. The van der Waals surface area contributed by atoms with Crippen LogP contribution in [-0.4, -0.2) is 20.8 Å². The zero-order chi connectivity index (χ0) is 14.6. The van der Waals surface area contributed by atoms with Crippen LogP contribution >= 0.6 is 15.9 Å². The number of benzene rings is 2. The average Bonchev–Trinajstić information content (AvgIpc) is 2.38. The van der Waals surface area contributed by atoms with Gasteiger partial charge in [-0.15, -0.1) is 0 Å². The molecule has 2 N–H and O–H groups in total. The van der Waals surface area contributed by atoms with Gasteiger partial charge in [-0.2, -0.15) is 0 Å². The Kier molecular flexibility index (Phi) is 4.67. The Morgan fingerprint density at radius 1 is 1.10 bits per heavy atom. The third-order valence-electron chi connectivity index (χ3n) is 2.63. The highest BCUT2D eigenvalue weighted by atomic mass is 79.9. The van der Waals surface area contributed by atoms with Crippen molar-refractivity contribution in [2.24, 2.45) is 0 Å². The van der Waals surface area contributed by atoms with E-state index >= 15 is 0 Å². The van der Waals surface area contributed by atoms with E-state index in [4.69, 9.17) is 10.5 Å². The fourth-order valence-corrected chi connectivity index (χ4v) is 3.17. The highest BCUT2D eigenvalue weighted by molar-refractivity contribution is 9.10. The molecule has 0 bridgehead atoms. The van der Waals surface area contributed by atoms with E-state index in [2.05, 4.69) is 15.9 Å². The number of halogens is 1. The summed E-state index contributed by atoms with van der Waals surface area (Å²) >= 11 is 3.33. The number of sulfone groups is 1. The molecule has 2 aromatic rings. The predicted octanol–water partition coefficient (Wildman–Crippen LogP) is 2.88. The second-order valence-electron chi connectivity index (χ2n) is 4.20. The maximum absolute atomic E-state index is 12.1. The third-order valence-corrected chi connectivity index (χ3v) is 4.80. The van der Waals surface area contributed by atoms with Crippen LogP contribution in [0.2, 0.25) is 0 Å². The minimum Gasteiger partial charge on any atom is -0.492 e. The van der Waals surface area contributed by atoms with Crippen molar-refractivity contribution in [2.45, 2.75) is 4.90 Å². The van der Waals surface area contributed by atoms with Crippen molar-refractivity contribution in [3.8, 4) is 5.75 Å². The van der Waals surface area contributed by atoms with Crippen LogP contribution in [0.1, 0.15) is 0 Å². The van der Waals surface area contributed by atoms with Crippen molar-refractivity contribution in [3.63, 3.8) is 0 Å². The van der Waals surface area contributed by atoms with E-state index in [1.165, 1.54) is 12.1 Å². The van der Waals surface area contributed by atoms with Gasteiger partial charge in [0.25, 0.3) is 0 Å². The minimum atomic E-state index is -3.38. The first-order chi connectivity index (χ1) is 9.47. The minimum absolute atomic E-state index is 0.0909. The first-order valence-corrected chi connectivity index (χ1v) is 8.38. The normalized spacial score (nSPS) is 11.2. The summed E-state index contributed by atoms with van der Waals surface area (Å²) in [6.07, 6.45) is 0. The number of hydrogen-bond donors (Lipinski definition) is 1. The number of anilines is 1. The molecule has 6 heteroatoms. The van der Waals surface area contributed by atoms with Gasteiger partial charge in [0.1, 0.15) is 12.4 Å². The van der Waals surface area contributed by atoms with Crippen LogP contribution in [0.5, 0.6) is 5.75 Å². The van der Waals surface area contributed by atoms with Gasteiger partial charge in [0.2, 0.25) is 0 Å². The molecule has 0 aliphatic rings. The van der Waals surface area contributed by atoms with Gasteiger partial charge in [-0.1, -0.05) is 28.1 Å². The van der Waals surface area contributed by atoms with Crippen LogP contribution in [0.15, 0.2) is 57.9 Å². The average molecular weight is 356 g/mol. The molecule has 0 heterocycles. The van der Waals surface area contributed by atoms with E-state index in [9.17, 15) is 8.42 Å². The zero-order valence-electron chi connectivity index (χ0n) is 10.6. The maximum Gasteiger partial charge on any atom is 0.181 e. The van der Waals surface area contributed by atoms with Crippen molar-refractivity contribution >= 4 is 31.5 Å². The molecule has 0 radical (unpaired) electrons. The summed E-state index contributed by atoms with van der Waals surface area (Å²) in [5.74, 6) is 0.533. The van der Waals surface area contributed by atoms with Gasteiger partial charge in [0, 0.05) is 10.2 Å². The van der Waals surface area contributed by atoms with Crippen LogP contribution < -0.4 is 10.5 Å². The molecular formula is C14H14BrNO3S. The second kappa shape index (κ2) is 6.28. The van der Waals surface area contributed by atoms with E-state index in [-0.39, 0.29) is 17.3 Å². The number of hydrogen-bond acceptors (Lipinski definition) is 4. The van der Waals surface area contributed by atoms with Crippen LogP contribution in [0.25, 0.3) is 0 Å². The molecular weight excluding hydrogens is 342 g/mol. The van der Waals surface area contributed by atoms with Crippen LogP contribution in [0.4, 0.5) is 5.69 Å². The first kappa shape index (κ1) is 14.9. The topological polar surface area (TPSA) is 69.4 Å². The number of rotatable bonds is 5. The zero-order valence-corrected chi connectivity index (χ0v) is 13.0. The van der Waals surface area contributed by atoms with E-state index in [0.29, 0.717) is 11.4 Å². The molecule has 0 aromatic heterocycles. The molecule has 2 rings (SSSR count). The van der Waals surface area contributed by atoms with E-state index < -0.39 is 9.84 Å². The molecule has 0 amide bonds. The SMILES string of the molecule is Nc1cccc(S(=O)(=O)CCOc2cccc(Br)c2)c1. The van der Waals surface area contributed by atoms with Gasteiger partial charge in [0.05, 0.1) is 10.6 Å². The highest BCUT2D eigenvalue weighted by Gasteiger charge is 2.14. The molecule has 0 saturated carbocycles. The summed E-state index contributed by atoms with van der Waals surface area (Å²) in [5.41, 5.74) is 6.02. The Bertz CT molecular complexity index is 701. The molecule has 0 fully saturated rings. The number of nitrogens with two attached hydrogens (primary N) is 1. The van der Waals surface area contributed by atoms with Crippen molar-refractivity contribution in [1.82, 2.24) is 0 Å². The molecule has 0 unspecified atom stereocenters. The molecule has 0 aliphatic heterocycles. The van der Waals surface area contributed by atoms with Gasteiger partial charge in [-0.3, -0.25) is 0 Å². The molecule has 0 aliphatic carbocycles. The van der Waals surface area contributed by atoms with Crippen LogP contribution in [-0.2, 0) is 9.84 Å². The lowest BCUT2D eigenvalue weighted by Crippen LogP contribution is -2.14. The summed E-state index contributed by atoms with van der Waals surface area (Å²) in [4.78, 5) is 0.218. The molecule has 0 atom stereocenters. The van der Waals surface area contributed by atoms with Gasteiger partial charge in [-0.05, 0) is 36.4 Å². The first-order valence-electron chi connectivity index (χ1n) is 5.94. The monoisotopic (exact) mass is 355 g/mol. The van der Waals surface area contributed by atoms with Gasteiger partial charge in [-0.25, -0.2) is 8.42 Å². The Labute approximate surface area is 126 Å². The number of nitrogen functional groups attached to an aromatic ring is 1. The van der Waals surface area contributed by atoms with Crippen LogP contribution in [0.3, 0.4) is 0 Å². The lowest BCUT2D eigenvalue weighted by atomic mass is 10.3. The Morgan fingerprint density at radius 2 is 1.85 bits per heavy atom. The van der Waals surface area contributed by atoms with E-state index in [1.807, 2.05) is 12.1 Å². The Balaban J connectivity index is 2.00. The highest BCUT2D eigenvalue weighted by Crippen LogP contribution is 2.18. The Hall–Kier alpha value is -1.53. The summed E-state index contributed by atoms with van der Waals surface area (Å²) in [6, 6.07) is 13.5. The van der Waals surface area contributed by atoms with Gasteiger partial charge in [0.15, 0.2) is 9.84 Å². The van der Waals surface area contributed by atoms with Crippen molar-refractivity contribution in [2.75, 3.05) is 18.1 Å². The lowest BCUT2D eigenvalue weighted by molar-refractivity contribution is 0.340. The smallest absolute Gasteiger partial charge is 0.181 e. The molecule has 0 spiro atoms. The predicted molar refractivity (Wildman–Crippen MR) is 82.5 cm³/mol. The maximum atomic E-state index is 12.1. The van der Waals surface area contributed by atoms with Gasteiger partial charge >= 0.3 is 0 Å². The Morgan fingerprint density at radius 3 is 2.55 bits per heavy atom. The third kappa shape index (κ3) is 3.98. The fourth-order valence-electron chi connectivity index (χ4n) is 1.65. The summed E-state index contributed by atoms with van der Waals surface area (Å²) in [7, 11) is -3.38. The quantitative estimate of drug-likeness (QED) is 0.837. The van der Waals surface area contributed by atoms with Crippen LogP contribution in [0, 0.1) is 0 Å². The van der Waals surface area contributed by atoms with Crippen molar-refractivity contribution in [1.29, 1.82) is 0 Å². The number of ether oxygens (including phenoxy) is 1. The molecule has 0 saturated heterocycles.